The Morgan fingerprint density at radius 1 is 0.492 bits per heavy atom. The molecule has 1 saturated heterocycles. The van der Waals surface area contributed by atoms with Crippen LogP contribution in [0.2, 0.25) is 0 Å². The van der Waals surface area contributed by atoms with Gasteiger partial charge >= 0.3 is 6.35 Å². The van der Waals surface area contributed by atoms with E-state index in [4.69, 9.17) is 9.08 Å². The zero-order valence-electron chi connectivity index (χ0n) is 32.3. The molecule has 4 aromatic rings. The van der Waals surface area contributed by atoms with Gasteiger partial charge in [0, 0.05) is 12.8 Å². The molecule has 0 spiro atoms. The number of cyclic esters (lactones) is 1. The summed E-state index contributed by atoms with van der Waals surface area (Å²) < 4.78 is 319. The fourth-order valence-corrected chi connectivity index (χ4v) is 8.63. The van der Waals surface area contributed by atoms with Crippen molar-refractivity contribution in [1.29, 1.82) is 0 Å². The molecular weight excluding hydrogens is 904 g/mol. The average Bonchev–Trinajstić information content (AvgIpc) is 3.61. The van der Waals surface area contributed by atoms with Crippen LogP contribution in [0.1, 0.15) is 53.9 Å². The van der Waals surface area contributed by atoms with Crippen molar-refractivity contribution in [3.63, 3.8) is 0 Å². The van der Waals surface area contributed by atoms with E-state index in [0.29, 0.717) is 6.42 Å². The summed E-state index contributed by atoms with van der Waals surface area (Å²) in [6.07, 6.45) is -3.94. The van der Waals surface area contributed by atoms with Crippen LogP contribution in [-0.4, -0.2) is 46.8 Å². The molecule has 0 aromatic heterocycles. The summed E-state index contributed by atoms with van der Waals surface area (Å²) in [5.41, 5.74) is -13.0. The first kappa shape index (κ1) is 47.2. The third kappa shape index (κ3) is 6.84. The summed E-state index contributed by atoms with van der Waals surface area (Å²) in [7, 11) is 0. The molecule has 0 bridgehead atoms. The van der Waals surface area contributed by atoms with Crippen molar-refractivity contribution >= 4 is 47.0 Å². The van der Waals surface area contributed by atoms with Gasteiger partial charge in [0.2, 0.25) is 0 Å². The first-order valence-electron chi connectivity index (χ1n) is 18.1. The molecule has 0 N–H and O–H groups in total. The van der Waals surface area contributed by atoms with Crippen LogP contribution in [0.25, 0.3) is 0 Å². The molecule has 6 rings (SSSR count). The first-order valence-corrected chi connectivity index (χ1v) is 18.1. The van der Waals surface area contributed by atoms with E-state index in [2.05, 4.69) is 0 Å². The molecule has 0 saturated carbocycles. The number of halogens is 20. The Morgan fingerprint density at radius 3 is 1.06 bits per heavy atom. The Morgan fingerprint density at radius 2 is 0.762 bits per heavy atom. The molecule has 25 heteroatoms. The lowest BCUT2D eigenvalue weighted by Gasteiger charge is -2.40. The standard InChI is InChI=1S/C38H24B2F20NO2/c1-10(9-61-37(2,3)7-6-8-38(61,4)5)35-40(13-19(45)27(53)33(59)28(54)20(13)46,14-21(47)29(55)34(60)30(56)22(14)48)63-36(62-35)39(11-15(41)23(49)31(57)24(50)16(11)42)12-17(43)25(51)32(58)26(52)18(12)44/h9-10,35H,6-8H2,1-5H3/t10-,35-/m0/s1. The van der Waals surface area contributed by atoms with Gasteiger partial charge in [-0.1, -0.05) is 6.92 Å². The molecular formula is C38H24B2F20NO2. The lowest BCUT2D eigenvalue weighted by Crippen LogP contribution is -2.69. The van der Waals surface area contributed by atoms with Gasteiger partial charge in [-0.25, -0.2) is 92.4 Å². The fourth-order valence-electron chi connectivity index (χ4n) is 8.63. The molecule has 339 valence electrons. The quantitative estimate of drug-likeness (QED) is 0.0456. The SMILES string of the molecule is C[C@@H](C=[N+]1C(C)(C)CCCC1(C)C)[C@@H]1OC([B-](c2c(F)c(F)c(F)c(F)c2F)c2c(F)c(F)c(F)c(F)c2F)=[O+][B-]1(c1c(F)c(F)c(F)c(F)c1F)c1c(F)c(F)c(F)c(F)c1F. The normalized spacial score (nSPS) is 18.5. The van der Waals surface area contributed by atoms with E-state index < -0.39 is 180 Å². The van der Waals surface area contributed by atoms with Crippen molar-refractivity contribution in [2.75, 3.05) is 0 Å². The summed E-state index contributed by atoms with van der Waals surface area (Å²) >= 11 is 0. The maximum atomic E-state index is 16.3. The van der Waals surface area contributed by atoms with Crippen LogP contribution in [0.5, 0.6) is 0 Å². The van der Waals surface area contributed by atoms with Gasteiger partial charge < -0.3 is 9.08 Å². The molecule has 0 unspecified atom stereocenters. The van der Waals surface area contributed by atoms with Crippen LogP contribution in [0.4, 0.5) is 92.2 Å². The number of carbonyl (C=O) groups excluding carboxylic acids is 1. The third-order valence-corrected chi connectivity index (χ3v) is 11.4. The van der Waals surface area contributed by atoms with Gasteiger partial charge in [-0.05, 0) is 45.0 Å². The summed E-state index contributed by atoms with van der Waals surface area (Å²) in [6.45, 7) is 2.94. The molecule has 0 amide bonds. The van der Waals surface area contributed by atoms with Crippen molar-refractivity contribution < 1.29 is 101 Å². The number of benzene rings is 4. The molecule has 1 fully saturated rings. The largest absolute Gasteiger partial charge is 0.600 e. The van der Waals surface area contributed by atoms with Crippen molar-refractivity contribution in [3.8, 4) is 0 Å². The number of hydrogen-bond acceptors (Lipinski definition) is 1. The third-order valence-electron chi connectivity index (χ3n) is 11.4. The highest BCUT2D eigenvalue weighted by molar-refractivity contribution is 7.10. The molecule has 0 aliphatic carbocycles. The topological polar surface area (TPSA) is 23.5 Å². The first-order chi connectivity index (χ1) is 29.0. The number of ether oxygens (including phenoxy) is 1. The molecule has 3 nitrogen and oxygen atoms in total. The highest BCUT2D eigenvalue weighted by Gasteiger charge is 2.64. The van der Waals surface area contributed by atoms with Gasteiger partial charge in [0.1, 0.15) is 59.5 Å². The molecule has 4 aromatic carbocycles. The smallest absolute Gasteiger partial charge is 0.423 e. The predicted octanol–water partition coefficient (Wildman–Crippen LogP) is 8.47. The highest BCUT2D eigenvalue weighted by Crippen LogP contribution is 2.40. The number of rotatable bonds is 7. The fraction of sp³-hybridized carbons (Fsp3) is 0.316. The second-order valence-electron chi connectivity index (χ2n) is 16.1. The lowest BCUT2D eigenvalue weighted by molar-refractivity contribution is -0.673. The minimum Gasteiger partial charge on any atom is -0.600 e. The van der Waals surface area contributed by atoms with Crippen LogP contribution in [0, 0.1) is 122 Å². The Hall–Kier alpha value is -5.25. The van der Waals surface area contributed by atoms with Gasteiger partial charge in [0.05, 0.1) is 5.92 Å². The summed E-state index contributed by atoms with van der Waals surface area (Å²) in [6, 6.07) is -3.21. The van der Waals surface area contributed by atoms with Gasteiger partial charge in [0.15, 0.2) is 92.8 Å². The van der Waals surface area contributed by atoms with Gasteiger partial charge in [-0.15, -0.1) is 10.9 Å². The lowest BCUT2D eigenvalue weighted by atomic mass is 9.27. The Balaban J connectivity index is 1.93. The summed E-state index contributed by atoms with van der Waals surface area (Å²) in [5, 5.41) is 0. The van der Waals surface area contributed by atoms with Crippen LogP contribution in [-0.2, 0) is 4.74 Å². The minimum atomic E-state index is -5.90. The highest BCUT2D eigenvalue weighted by atomic mass is 19.2. The zero-order valence-corrected chi connectivity index (χ0v) is 32.3. The van der Waals surface area contributed by atoms with Crippen LogP contribution >= 0.6 is 0 Å². The van der Waals surface area contributed by atoms with Crippen molar-refractivity contribution in [2.24, 2.45) is 5.92 Å². The van der Waals surface area contributed by atoms with E-state index in [9.17, 15) is 35.1 Å². The number of hydrogen-bond donors (Lipinski definition) is 0. The van der Waals surface area contributed by atoms with Crippen LogP contribution < -0.4 is 21.9 Å². The maximum absolute atomic E-state index is 16.3. The van der Waals surface area contributed by atoms with Crippen LogP contribution in [0.15, 0.2) is 0 Å². The van der Waals surface area contributed by atoms with Crippen molar-refractivity contribution in [2.45, 2.75) is 71.0 Å². The van der Waals surface area contributed by atoms with Crippen molar-refractivity contribution in [3.05, 3.63) is 116 Å². The van der Waals surface area contributed by atoms with E-state index in [1.54, 1.807) is 27.7 Å². The van der Waals surface area contributed by atoms with E-state index >= 15 is 52.7 Å². The van der Waals surface area contributed by atoms with E-state index in [-0.39, 0.29) is 12.8 Å². The van der Waals surface area contributed by atoms with E-state index in [0.717, 1.165) is 13.1 Å². The Kier molecular flexibility index (Phi) is 11.8. The minimum absolute atomic E-state index is 0.271. The Labute approximate surface area is 341 Å². The number of nitrogens with zero attached hydrogens (tertiary/aromatic N) is 1. The summed E-state index contributed by atoms with van der Waals surface area (Å²) in [4.78, 5) is 0. The van der Waals surface area contributed by atoms with Gasteiger partial charge in [0.25, 0.3) is 0 Å². The van der Waals surface area contributed by atoms with Gasteiger partial charge in [-0.3, -0.25) is 0 Å². The predicted molar refractivity (Wildman–Crippen MR) is 183 cm³/mol. The van der Waals surface area contributed by atoms with E-state index in [1.165, 1.54) is 4.58 Å². The van der Waals surface area contributed by atoms with Crippen molar-refractivity contribution in [1.82, 2.24) is 0 Å². The molecule has 2 aliphatic heterocycles. The average molecular weight is 928 g/mol. The molecule has 1 radical (unpaired) electrons. The molecule has 63 heavy (non-hydrogen) atoms. The van der Waals surface area contributed by atoms with E-state index in [1.807, 2.05) is 0 Å². The maximum Gasteiger partial charge on any atom is 0.423 e. The second kappa shape index (κ2) is 15.8. The van der Waals surface area contributed by atoms with Gasteiger partial charge in [-0.2, -0.15) is 0 Å². The zero-order chi connectivity index (χ0) is 47.5. The monoisotopic (exact) mass is 928 g/mol. The second-order valence-corrected chi connectivity index (χ2v) is 16.1. The number of piperidine rings is 1. The Bertz CT molecular complexity index is 2430. The molecule has 2 aliphatic rings. The van der Waals surface area contributed by atoms with Crippen LogP contribution in [0.3, 0.4) is 0 Å². The molecule has 2 heterocycles. The molecule has 2 atom stereocenters. The summed E-state index contributed by atoms with van der Waals surface area (Å²) in [5.74, 6) is -66.9.